The maximum Gasteiger partial charge on any atom is 0.348 e. The normalized spacial score (nSPS) is 14.4. The van der Waals surface area contributed by atoms with Gasteiger partial charge < -0.3 is 20.3 Å². The van der Waals surface area contributed by atoms with Gasteiger partial charge in [0.15, 0.2) is 0 Å². The lowest BCUT2D eigenvalue weighted by Crippen LogP contribution is -2.29. The summed E-state index contributed by atoms with van der Waals surface area (Å²) in [5.41, 5.74) is 0. The monoisotopic (exact) mass is 259 g/mol. The predicted molar refractivity (Wildman–Crippen MR) is 65.2 cm³/mol. The van der Waals surface area contributed by atoms with Gasteiger partial charge in [-0.2, -0.15) is 0 Å². The van der Waals surface area contributed by atoms with E-state index in [1.807, 2.05) is 0 Å². The van der Waals surface area contributed by atoms with E-state index in [0.717, 1.165) is 11.3 Å². The summed E-state index contributed by atoms with van der Waals surface area (Å²) in [5, 5.41) is 22.2. The molecular weight excluding hydrogens is 242 g/mol. The Hall–Kier alpha value is -0.950. The molecule has 0 bridgehead atoms. The molecule has 0 saturated heterocycles. The molecule has 0 aromatic carbocycles. The SMILES string of the molecule is CCOC(=O)c1ccc(C(O)C(O)CNC)s1. The first-order valence-corrected chi connectivity index (χ1v) is 6.19. The van der Waals surface area contributed by atoms with Crippen LogP contribution < -0.4 is 5.32 Å². The molecule has 0 spiro atoms. The summed E-state index contributed by atoms with van der Waals surface area (Å²) in [7, 11) is 1.69. The predicted octanol–water partition coefficient (Wildman–Crippen LogP) is 0.538. The van der Waals surface area contributed by atoms with Crippen LogP contribution in [-0.2, 0) is 4.74 Å². The van der Waals surface area contributed by atoms with Crippen molar-refractivity contribution >= 4 is 17.3 Å². The van der Waals surface area contributed by atoms with Crippen LogP contribution in [0.5, 0.6) is 0 Å². The summed E-state index contributed by atoms with van der Waals surface area (Å²) in [6.07, 6.45) is -1.88. The van der Waals surface area contributed by atoms with E-state index in [1.165, 1.54) is 0 Å². The van der Waals surface area contributed by atoms with Crippen molar-refractivity contribution in [3.63, 3.8) is 0 Å². The molecule has 0 aliphatic carbocycles. The Morgan fingerprint density at radius 3 is 2.82 bits per heavy atom. The largest absolute Gasteiger partial charge is 0.462 e. The Balaban J connectivity index is 2.70. The number of esters is 1. The third kappa shape index (κ3) is 3.78. The lowest BCUT2D eigenvalue weighted by Gasteiger charge is -2.15. The number of likely N-dealkylation sites (N-methyl/N-ethyl adjacent to an activating group) is 1. The van der Waals surface area contributed by atoms with Crippen molar-refractivity contribution in [2.45, 2.75) is 19.1 Å². The fourth-order valence-corrected chi connectivity index (χ4v) is 2.28. The highest BCUT2D eigenvalue weighted by atomic mass is 32.1. The first-order valence-electron chi connectivity index (χ1n) is 5.37. The number of rotatable bonds is 6. The number of thiophene rings is 1. The van der Waals surface area contributed by atoms with Crippen molar-refractivity contribution < 1.29 is 19.7 Å². The lowest BCUT2D eigenvalue weighted by atomic mass is 10.1. The number of nitrogens with one attached hydrogen (secondary N) is 1. The molecule has 5 nitrogen and oxygen atoms in total. The molecule has 0 amide bonds. The Bertz CT molecular complexity index is 366. The molecule has 0 saturated carbocycles. The molecule has 0 fully saturated rings. The van der Waals surface area contributed by atoms with Crippen LogP contribution in [0.1, 0.15) is 27.6 Å². The van der Waals surface area contributed by atoms with Gasteiger partial charge in [0.1, 0.15) is 11.0 Å². The van der Waals surface area contributed by atoms with E-state index in [0.29, 0.717) is 16.4 Å². The molecule has 96 valence electrons. The van der Waals surface area contributed by atoms with Crippen LogP contribution in [0.4, 0.5) is 0 Å². The van der Waals surface area contributed by atoms with E-state index < -0.39 is 18.2 Å². The van der Waals surface area contributed by atoms with Crippen LogP contribution in [0.3, 0.4) is 0 Å². The van der Waals surface area contributed by atoms with E-state index in [-0.39, 0.29) is 6.54 Å². The van der Waals surface area contributed by atoms with E-state index >= 15 is 0 Å². The third-order valence-electron chi connectivity index (χ3n) is 2.17. The first kappa shape index (κ1) is 14.1. The molecule has 1 heterocycles. The van der Waals surface area contributed by atoms with Gasteiger partial charge in [-0.05, 0) is 26.1 Å². The molecule has 6 heteroatoms. The average Bonchev–Trinajstić information content (AvgIpc) is 2.78. The van der Waals surface area contributed by atoms with Crippen molar-refractivity contribution in [1.82, 2.24) is 5.32 Å². The second-order valence-corrected chi connectivity index (χ2v) is 4.61. The van der Waals surface area contributed by atoms with Gasteiger partial charge in [0.25, 0.3) is 0 Å². The summed E-state index contributed by atoms with van der Waals surface area (Å²) in [4.78, 5) is 12.4. The van der Waals surface area contributed by atoms with Gasteiger partial charge in [-0.15, -0.1) is 11.3 Å². The highest BCUT2D eigenvalue weighted by Gasteiger charge is 2.21. The zero-order valence-corrected chi connectivity index (χ0v) is 10.7. The molecule has 0 aliphatic rings. The molecule has 1 rings (SSSR count). The first-order chi connectivity index (χ1) is 8.10. The van der Waals surface area contributed by atoms with E-state index in [9.17, 15) is 15.0 Å². The molecular formula is C11H17NO4S. The third-order valence-corrected chi connectivity index (χ3v) is 3.31. The highest BCUT2D eigenvalue weighted by molar-refractivity contribution is 7.14. The second kappa shape index (κ2) is 6.70. The van der Waals surface area contributed by atoms with Crippen molar-refractivity contribution in [1.29, 1.82) is 0 Å². The standard InChI is InChI=1S/C11H17NO4S/c1-3-16-11(15)9-5-4-8(17-9)10(14)7(13)6-12-2/h4-5,7,10,12-14H,3,6H2,1-2H3. The van der Waals surface area contributed by atoms with Crippen LogP contribution >= 0.6 is 11.3 Å². The zero-order chi connectivity index (χ0) is 12.8. The number of carbonyl (C=O) groups is 1. The zero-order valence-electron chi connectivity index (χ0n) is 9.84. The van der Waals surface area contributed by atoms with Gasteiger partial charge in [-0.1, -0.05) is 0 Å². The molecule has 1 aromatic rings. The van der Waals surface area contributed by atoms with E-state index in [2.05, 4.69) is 5.32 Å². The number of hydrogen-bond donors (Lipinski definition) is 3. The van der Waals surface area contributed by atoms with Gasteiger partial charge in [0.05, 0.1) is 12.7 Å². The van der Waals surface area contributed by atoms with Crippen LogP contribution in [0.2, 0.25) is 0 Å². The number of hydrogen-bond acceptors (Lipinski definition) is 6. The van der Waals surface area contributed by atoms with Crippen LogP contribution in [0.15, 0.2) is 12.1 Å². The number of aliphatic hydroxyl groups excluding tert-OH is 2. The Labute approximate surface area is 104 Å². The molecule has 1 aromatic heterocycles. The summed E-state index contributed by atoms with van der Waals surface area (Å²) < 4.78 is 4.84. The molecule has 0 radical (unpaired) electrons. The van der Waals surface area contributed by atoms with Gasteiger partial charge in [0.2, 0.25) is 0 Å². The smallest absolute Gasteiger partial charge is 0.348 e. The van der Waals surface area contributed by atoms with Crippen molar-refractivity contribution in [3.05, 3.63) is 21.9 Å². The van der Waals surface area contributed by atoms with E-state index in [4.69, 9.17) is 4.74 Å². The molecule has 0 aliphatic heterocycles. The summed E-state index contributed by atoms with van der Waals surface area (Å²) in [6.45, 7) is 2.34. The summed E-state index contributed by atoms with van der Waals surface area (Å²) in [6, 6.07) is 3.22. The van der Waals surface area contributed by atoms with Gasteiger partial charge >= 0.3 is 5.97 Å². The van der Waals surface area contributed by atoms with Crippen LogP contribution in [-0.4, -0.2) is 42.5 Å². The highest BCUT2D eigenvalue weighted by Crippen LogP contribution is 2.26. The molecule has 17 heavy (non-hydrogen) atoms. The maximum absolute atomic E-state index is 11.4. The Kier molecular flexibility index (Phi) is 5.57. The Morgan fingerprint density at radius 2 is 2.24 bits per heavy atom. The fraction of sp³-hybridized carbons (Fsp3) is 0.545. The van der Waals surface area contributed by atoms with E-state index in [1.54, 1.807) is 26.1 Å². The van der Waals surface area contributed by atoms with Gasteiger partial charge in [0, 0.05) is 11.4 Å². The summed E-state index contributed by atoms with van der Waals surface area (Å²) >= 11 is 1.13. The summed E-state index contributed by atoms with van der Waals surface area (Å²) in [5.74, 6) is -0.404. The quantitative estimate of drug-likeness (QED) is 0.650. The van der Waals surface area contributed by atoms with Crippen molar-refractivity contribution in [3.8, 4) is 0 Å². The fourth-order valence-electron chi connectivity index (χ4n) is 1.33. The van der Waals surface area contributed by atoms with Gasteiger partial charge in [-0.3, -0.25) is 0 Å². The number of carbonyl (C=O) groups excluding carboxylic acids is 1. The van der Waals surface area contributed by atoms with Crippen LogP contribution in [0, 0.1) is 0 Å². The minimum absolute atomic E-state index is 0.286. The molecule has 2 unspecified atom stereocenters. The van der Waals surface area contributed by atoms with Crippen LogP contribution in [0.25, 0.3) is 0 Å². The molecule has 3 N–H and O–H groups in total. The Morgan fingerprint density at radius 1 is 1.53 bits per heavy atom. The minimum Gasteiger partial charge on any atom is -0.462 e. The van der Waals surface area contributed by atoms with Crippen molar-refractivity contribution in [2.75, 3.05) is 20.2 Å². The molecule has 2 atom stereocenters. The van der Waals surface area contributed by atoms with Crippen molar-refractivity contribution in [2.24, 2.45) is 0 Å². The number of aliphatic hydroxyl groups is 2. The maximum atomic E-state index is 11.4. The topological polar surface area (TPSA) is 78.8 Å². The van der Waals surface area contributed by atoms with Gasteiger partial charge in [-0.25, -0.2) is 4.79 Å². The minimum atomic E-state index is -0.990. The lowest BCUT2D eigenvalue weighted by molar-refractivity contribution is 0.0224. The average molecular weight is 259 g/mol. The second-order valence-electron chi connectivity index (χ2n) is 3.49. The number of ether oxygens (including phenoxy) is 1.